The van der Waals surface area contributed by atoms with Gasteiger partial charge in [0, 0.05) is 23.7 Å². The van der Waals surface area contributed by atoms with Gasteiger partial charge in [-0.25, -0.2) is 0 Å². The number of carbonyl (C=O) groups excluding carboxylic acids is 1. The normalized spacial score (nSPS) is 21.4. The van der Waals surface area contributed by atoms with E-state index in [0.29, 0.717) is 17.0 Å². The van der Waals surface area contributed by atoms with Crippen LogP contribution in [0.5, 0.6) is 0 Å². The lowest BCUT2D eigenvalue weighted by molar-refractivity contribution is -0.123. The van der Waals surface area contributed by atoms with Gasteiger partial charge < -0.3 is 16.2 Å². The molecule has 2 unspecified atom stereocenters. The molecule has 0 spiro atoms. The molecule has 5 heteroatoms. The predicted octanol–water partition coefficient (Wildman–Crippen LogP) is 0.487. The number of primary amides is 1. The van der Waals surface area contributed by atoms with Gasteiger partial charge in [0.25, 0.3) is 0 Å². The number of thioether (sulfide) groups is 1. The Morgan fingerprint density at radius 2 is 2.31 bits per heavy atom. The number of aliphatic hydroxyl groups excluding tert-OH is 1. The standard InChI is InChI=1S/C11H22N2O2S/c1-8(5-6-14)16-7-11(2,10(12)15)13-9-3-4-9/h8-9,13-14H,3-7H2,1-2H3,(H2,12,15). The highest BCUT2D eigenvalue weighted by Gasteiger charge is 2.37. The molecule has 16 heavy (non-hydrogen) atoms. The molecular formula is C11H22N2O2S. The Morgan fingerprint density at radius 3 is 2.75 bits per heavy atom. The van der Waals surface area contributed by atoms with E-state index in [9.17, 15) is 4.79 Å². The van der Waals surface area contributed by atoms with Crippen LogP contribution in [-0.4, -0.2) is 40.2 Å². The molecular weight excluding hydrogens is 224 g/mol. The minimum Gasteiger partial charge on any atom is -0.396 e. The molecule has 0 radical (unpaired) electrons. The predicted molar refractivity (Wildman–Crippen MR) is 67.4 cm³/mol. The molecule has 94 valence electrons. The molecule has 2 atom stereocenters. The number of amides is 1. The largest absolute Gasteiger partial charge is 0.396 e. The van der Waals surface area contributed by atoms with Crippen molar-refractivity contribution in [2.24, 2.45) is 5.73 Å². The quantitative estimate of drug-likeness (QED) is 0.582. The molecule has 0 saturated heterocycles. The van der Waals surface area contributed by atoms with Gasteiger partial charge in [-0.05, 0) is 26.2 Å². The molecule has 4 N–H and O–H groups in total. The van der Waals surface area contributed by atoms with Gasteiger partial charge in [0.15, 0.2) is 0 Å². The summed E-state index contributed by atoms with van der Waals surface area (Å²) in [6.07, 6.45) is 3.03. The van der Waals surface area contributed by atoms with Gasteiger partial charge in [0.2, 0.25) is 5.91 Å². The molecule has 1 amide bonds. The molecule has 0 bridgehead atoms. The Hall–Kier alpha value is -0.260. The second-order valence-electron chi connectivity index (χ2n) is 4.75. The second kappa shape index (κ2) is 5.89. The van der Waals surface area contributed by atoms with Crippen molar-refractivity contribution in [3.63, 3.8) is 0 Å². The zero-order valence-corrected chi connectivity index (χ0v) is 10.8. The first-order valence-electron chi connectivity index (χ1n) is 5.78. The first kappa shape index (κ1) is 13.8. The van der Waals surface area contributed by atoms with E-state index in [4.69, 9.17) is 10.8 Å². The highest BCUT2D eigenvalue weighted by molar-refractivity contribution is 8.00. The summed E-state index contributed by atoms with van der Waals surface area (Å²) in [4.78, 5) is 11.5. The van der Waals surface area contributed by atoms with Crippen LogP contribution in [0.15, 0.2) is 0 Å². The van der Waals surface area contributed by atoms with Gasteiger partial charge in [0.1, 0.15) is 5.54 Å². The zero-order chi connectivity index (χ0) is 12.2. The second-order valence-corrected chi connectivity index (χ2v) is 6.18. The summed E-state index contributed by atoms with van der Waals surface area (Å²) in [5.41, 5.74) is 4.83. The van der Waals surface area contributed by atoms with Crippen molar-refractivity contribution >= 4 is 17.7 Å². The van der Waals surface area contributed by atoms with Crippen molar-refractivity contribution < 1.29 is 9.90 Å². The summed E-state index contributed by atoms with van der Waals surface area (Å²) in [6, 6.07) is 0.464. The Kier molecular flexibility index (Phi) is 5.08. The summed E-state index contributed by atoms with van der Waals surface area (Å²) in [5, 5.41) is 12.5. The first-order chi connectivity index (χ1) is 7.48. The fourth-order valence-corrected chi connectivity index (χ4v) is 2.55. The van der Waals surface area contributed by atoms with E-state index >= 15 is 0 Å². The number of aliphatic hydroxyl groups is 1. The summed E-state index contributed by atoms with van der Waals surface area (Å²) in [7, 11) is 0. The number of carbonyl (C=O) groups is 1. The van der Waals surface area contributed by atoms with E-state index in [2.05, 4.69) is 12.2 Å². The molecule has 0 aromatic rings. The van der Waals surface area contributed by atoms with Crippen LogP contribution >= 0.6 is 11.8 Å². The number of nitrogens with two attached hydrogens (primary N) is 1. The lowest BCUT2D eigenvalue weighted by Crippen LogP contribution is -2.56. The fourth-order valence-electron chi connectivity index (χ4n) is 1.44. The lowest BCUT2D eigenvalue weighted by atomic mass is 10.1. The highest BCUT2D eigenvalue weighted by atomic mass is 32.2. The molecule has 1 aliphatic carbocycles. The number of rotatable bonds is 8. The van der Waals surface area contributed by atoms with Gasteiger partial charge >= 0.3 is 0 Å². The van der Waals surface area contributed by atoms with Crippen molar-refractivity contribution in [3.05, 3.63) is 0 Å². The van der Waals surface area contributed by atoms with E-state index in [0.717, 1.165) is 19.3 Å². The third-order valence-electron chi connectivity index (χ3n) is 2.84. The molecule has 1 rings (SSSR count). The van der Waals surface area contributed by atoms with Gasteiger partial charge in [-0.2, -0.15) is 11.8 Å². The van der Waals surface area contributed by atoms with Gasteiger partial charge in [0.05, 0.1) is 0 Å². The summed E-state index contributed by atoms with van der Waals surface area (Å²) < 4.78 is 0. The number of nitrogens with one attached hydrogen (secondary N) is 1. The molecule has 1 aliphatic rings. The SMILES string of the molecule is CC(CCO)SCC(C)(NC1CC1)C(N)=O. The van der Waals surface area contributed by atoms with Crippen molar-refractivity contribution in [1.29, 1.82) is 0 Å². The van der Waals surface area contributed by atoms with Crippen LogP contribution in [0, 0.1) is 0 Å². The van der Waals surface area contributed by atoms with E-state index in [1.165, 1.54) is 0 Å². The Morgan fingerprint density at radius 1 is 1.69 bits per heavy atom. The summed E-state index contributed by atoms with van der Waals surface area (Å²) >= 11 is 1.68. The maximum Gasteiger partial charge on any atom is 0.238 e. The van der Waals surface area contributed by atoms with Gasteiger partial charge in [-0.1, -0.05) is 6.92 Å². The molecule has 1 fully saturated rings. The topological polar surface area (TPSA) is 75.3 Å². The minimum absolute atomic E-state index is 0.192. The zero-order valence-electron chi connectivity index (χ0n) is 10.0. The van der Waals surface area contributed by atoms with Crippen molar-refractivity contribution in [3.8, 4) is 0 Å². The Bertz CT molecular complexity index is 246. The highest BCUT2D eigenvalue weighted by Crippen LogP contribution is 2.26. The van der Waals surface area contributed by atoms with E-state index in [-0.39, 0.29) is 12.5 Å². The number of hydrogen-bond acceptors (Lipinski definition) is 4. The maximum absolute atomic E-state index is 11.5. The molecule has 0 aromatic heterocycles. The van der Waals surface area contributed by atoms with Crippen LogP contribution in [0.25, 0.3) is 0 Å². The van der Waals surface area contributed by atoms with Crippen LogP contribution in [-0.2, 0) is 4.79 Å². The van der Waals surface area contributed by atoms with Crippen molar-refractivity contribution in [1.82, 2.24) is 5.32 Å². The molecule has 0 heterocycles. The van der Waals surface area contributed by atoms with Gasteiger partial charge in [-0.3, -0.25) is 4.79 Å². The van der Waals surface area contributed by atoms with E-state index in [1.54, 1.807) is 11.8 Å². The Labute approximate surface area is 101 Å². The average molecular weight is 246 g/mol. The average Bonchev–Trinajstić information content (AvgIpc) is 2.99. The van der Waals surface area contributed by atoms with E-state index < -0.39 is 5.54 Å². The monoisotopic (exact) mass is 246 g/mol. The smallest absolute Gasteiger partial charge is 0.238 e. The van der Waals surface area contributed by atoms with Crippen molar-refractivity contribution in [2.45, 2.75) is 49.9 Å². The molecule has 0 aromatic carbocycles. The number of hydrogen-bond donors (Lipinski definition) is 3. The van der Waals surface area contributed by atoms with E-state index in [1.807, 2.05) is 6.92 Å². The molecule has 1 saturated carbocycles. The third kappa shape index (κ3) is 4.31. The molecule has 0 aliphatic heterocycles. The third-order valence-corrected chi connectivity index (χ3v) is 4.38. The van der Waals surface area contributed by atoms with Crippen LogP contribution in [0.4, 0.5) is 0 Å². The fraction of sp³-hybridized carbons (Fsp3) is 0.909. The minimum atomic E-state index is -0.616. The van der Waals surface area contributed by atoms with Crippen molar-refractivity contribution in [2.75, 3.05) is 12.4 Å². The van der Waals surface area contributed by atoms with Crippen LogP contribution in [0.3, 0.4) is 0 Å². The van der Waals surface area contributed by atoms with Gasteiger partial charge in [-0.15, -0.1) is 0 Å². The lowest BCUT2D eigenvalue weighted by Gasteiger charge is -2.28. The summed E-state index contributed by atoms with van der Waals surface area (Å²) in [5.74, 6) is 0.378. The van der Waals surface area contributed by atoms with Crippen LogP contribution in [0.1, 0.15) is 33.1 Å². The van der Waals surface area contributed by atoms with Crippen LogP contribution < -0.4 is 11.1 Å². The Balaban J connectivity index is 2.40. The maximum atomic E-state index is 11.5. The first-order valence-corrected chi connectivity index (χ1v) is 6.83. The molecule has 4 nitrogen and oxygen atoms in total. The summed E-state index contributed by atoms with van der Waals surface area (Å²) in [6.45, 7) is 4.11. The van der Waals surface area contributed by atoms with Crippen LogP contribution in [0.2, 0.25) is 0 Å².